The second-order valence-electron chi connectivity index (χ2n) is 8.92. The molecule has 0 aromatic heterocycles. The molecule has 3 N–H and O–H groups in total. The molecule has 0 aromatic rings. The number of hydrogen-bond donors (Lipinski definition) is 2. The fourth-order valence-electron chi connectivity index (χ4n) is 4.41. The van der Waals surface area contributed by atoms with Crippen LogP contribution in [0.15, 0.2) is 0 Å². The highest BCUT2D eigenvalue weighted by atomic mass is 32.3. The number of nitrogens with one attached hydrogen (secondary N) is 1. The smallest absolute Gasteiger partial charge is 0.361 e. The fourth-order valence-corrected chi connectivity index (χ4v) is 5.66. The molecular weight excluding hydrogens is 490 g/mol. The number of morpholine rings is 1. The minimum Gasteiger partial charge on any atom is -0.379 e. The molecule has 0 radical (unpaired) electrons. The molecule has 4 fully saturated rings. The first-order valence-corrected chi connectivity index (χ1v) is 13.1. The Morgan fingerprint density at radius 3 is 2.33 bits per heavy atom. The molecule has 17 heteroatoms. The van der Waals surface area contributed by atoms with E-state index in [1.54, 1.807) is 32.6 Å². The molecule has 0 spiro atoms. The Balaban J connectivity index is 1.70. The number of hydrogen-bond acceptors (Lipinski definition) is 13. The van der Waals surface area contributed by atoms with E-state index in [0.717, 1.165) is 0 Å². The summed E-state index contributed by atoms with van der Waals surface area (Å²) in [7, 11) is -9.47. The summed E-state index contributed by atoms with van der Waals surface area (Å²) < 4.78 is 92.4. The Morgan fingerprint density at radius 1 is 1.03 bits per heavy atom. The minimum atomic E-state index is -4.84. The fraction of sp³-hybridized carbons (Fsp3) is 1.00. The summed E-state index contributed by atoms with van der Waals surface area (Å²) in [6.45, 7) is 7.83. The Morgan fingerprint density at radius 2 is 1.70 bits per heavy atom. The van der Waals surface area contributed by atoms with Crippen LogP contribution in [0.4, 0.5) is 0 Å². The number of ether oxygens (including phenoxy) is 6. The molecule has 15 nitrogen and oxygen atoms in total. The molecule has 33 heavy (non-hydrogen) atoms. The molecule has 0 aromatic carbocycles. The standard InChI is InChI=1S/C16H29N3O12S2/c1-14(2)26-10-9-25-16(12(11(10)27-14)28-15(3,4)30-16)13(19-5-7-24-8-6-19)29-33(22,23)18-31-32(17,20)21/h10-13,18H,5-9H2,1-4H3,(H2,17,20,21)/t10-,11-,12+,13?,16?/m1/s1. The van der Waals surface area contributed by atoms with Gasteiger partial charge < -0.3 is 28.4 Å². The Kier molecular flexibility index (Phi) is 6.61. The predicted molar refractivity (Wildman–Crippen MR) is 106 cm³/mol. The molecule has 4 aliphatic heterocycles. The van der Waals surface area contributed by atoms with Crippen LogP contribution in [0.5, 0.6) is 0 Å². The first kappa shape index (κ1) is 25.5. The predicted octanol–water partition coefficient (Wildman–Crippen LogP) is -1.97. The van der Waals surface area contributed by atoms with Gasteiger partial charge in [-0.2, -0.15) is 21.1 Å². The van der Waals surface area contributed by atoms with Gasteiger partial charge in [0.15, 0.2) is 17.8 Å². The van der Waals surface area contributed by atoms with E-state index in [1.165, 1.54) is 4.89 Å². The van der Waals surface area contributed by atoms with Crippen LogP contribution in [-0.4, -0.2) is 96.5 Å². The summed E-state index contributed by atoms with van der Waals surface area (Å²) in [5.74, 6) is -3.93. The van der Waals surface area contributed by atoms with E-state index in [0.29, 0.717) is 0 Å². The lowest BCUT2D eigenvalue weighted by Crippen LogP contribution is -2.69. The van der Waals surface area contributed by atoms with Gasteiger partial charge in [0.1, 0.15) is 18.3 Å². The van der Waals surface area contributed by atoms with Crippen molar-refractivity contribution in [2.24, 2.45) is 5.14 Å². The third-order valence-electron chi connectivity index (χ3n) is 5.40. The molecule has 5 atom stereocenters. The van der Waals surface area contributed by atoms with Crippen molar-refractivity contribution in [1.29, 1.82) is 0 Å². The topological polar surface area (TPSA) is 183 Å². The molecule has 4 saturated heterocycles. The SMILES string of the molecule is CC1(C)O[C@@H]2[C@@H](COC3(C(OS(=O)(=O)NOS(N)(=O)=O)N4CCOCC4)OC(C)(C)O[C@@H]23)O1. The highest BCUT2D eigenvalue weighted by molar-refractivity contribution is 7.87. The van der Waals surface area contributed by atoms with Crippen LogP contribution in [0.25, 0.3) is 0 Å². The van der Waals surface area contributed by atoms with Crippen LogP contribution in [-0.2, 0) is 57.5 Å². The normalized spacial score (nSPS) is 37.4. The van der Waals surface area contributed by atoms with Gasteiger partial charge in [-0.3, -0.25) is 4.90 Å². The van der Waals surface area contributed by atoms with Crippen molar-refractivity contribution in [2.75, 3.05) is 32.9 Å². The third kappa shape index (κ3) is 5.50. The molecule has 4 aliphatic rings. The van der Waals surface area contributed by atoms with E-state index in [-0.39, 0.29) is 32.9 Å². The van der Waals surface area contributed by atoms with E-state index >= 15 is 0 Å². The average molecular weight is 520 g/mol. The maximum absolute atomic E-state index is 12.6. The van der Waals surface area contributed by atoms with Gasteiger partial charge in [-0.25, -0.2) is 9.32 Å². The Hall–Kier alpha value is -0.540. The van der Waals surface area contributed by atoms with Crippen molar-refractivity contribution in [3.63, 3.8) is 0 Å². The summed E-state index contributed by atoms with van der Waals surface area (Å²) in [6, 6.07) is 0. The maximum atomic E-state index is 12.6. The zero-order valence-electron chi connectivity index (χ0n) is 18.6. The molecule has 0 amide bonds. The van der Waals surface area contributed by atoms with Crippen molar-refractivity contribution in [3.05, 3.63) is 0 Å². The monoisotopic (exact) mass is 519 g/mol. The lowest BCUT2D eigenvalue weighted by Gasteiger charge is -2.48. The minimum absolute atomic E-state index is 0.00457. The van der Waals surface area contributed by atoms with Gasteiger partial charge in [-0.1, -0.05) is 4.89 Å². The van der Waals surface area contributed by atoms with Crippen LogP contribution in [0.1, 0.15) is 27.7 Å². The molecule has 0 saturated carbocycles. The molecule has 4 rings (SSSR count). The summed E-state index contributed by atoms with van der Waals surface area (Å²) in [6.07, 6.45) is -3.57. The summed E-state index contributed by atoms with van der Waals surface area (Å²) >= 11 is 0. The first-order valence-electron chi connectivity index (χ1n) is 10.2. The maximum Gasteiger partial charge on any atom is 0.361 e. The highest BCUT2D eigenvalue weighted by Gasteiger charge is 2.70. The van der Waals surface area contributed by atoms with Crippen LogP contribution in [0.3, 0.4) is 0 Å². The Bertz CT molecular complexity index is 952. The molecule has 0 bridgehead atoms. The van der Waals surface area contributed by atoms with Crippen molar-refractivity contribution in [3.8, 4) is 0 Å². The highest BCUT2D eigenvalue weighted by Crippen LogP contribution is 2.50. The van der Waals surface area contributed by atoms with Gasteiger partial charge in [-0.05, 0) is 27.7 Å². The van der Waals surface area contributed by atoms with E-state index in [2.05, 4.69) is 4.28 Å². The van der Waals surface area contributed by atoms with Gasteiger partial charge in [0.25, 0.3) is 0 Å². The van der Waals surface area contributed by atoms with E-state index in [9.17, 15) is 16.8 Å². The number of nitrogens with two attached hydrogens (primary N) is 1. The van der Waals surface area contributed by atoms with E-state index < -0.39 is 62.5 Å². The largest absolute Gasteiger partial charge is 0.379 e. The van der Waals surface area contributed by atoms with Gasteiger partial charge in [0.2, 0.25) is 5.79 Å². The number of fused-ring (bicyclic) bond motifs is 3. The molecule has 192 valence electrons. The van der Waals surface area contributed by atoms with Crippen molar-refractivity contribution in [1.82, 2.24) is 9.79 Å². The first-order chi connectivity index (χ1) is 15.1. The third-order valence-corrected chi connectivity index (χ3v) is 6.54. The van der Waals surface area contributed by atoms with Crippen LogP contribution >= 0.6 is 0 Å². The quantitative estimate of drug-likeness (QED) is 0.353. The number of nitrogens with zero attached hydrogens (tertiary/aromatic N) is 1. The molecule has 0 aliphatic carbocycles. The van der Waals surface area contributed by atoms with Crippen LogP contribution < -0.4 is 10.0 Å². The van der Waals surface area contributed by atoms with Crippen LogP contribution in [0.2, 0.25) is 0 Å². The van der Waals surface area contributed by atoms with Crippen LogP contribution in [0, 0.1) is 0 Å². The summed E-state index contributed by atoms with van der Waals surface area (Å²) in [5.41, 5.74) is 0. The van der Waals surface area contributed by atoms with Crippen molar-refractivity contribution >= 4 is 20.6 Å². The number of rotatable bonds is 7. The lowest BCUT2D eigenvalue weighted by molar-refractivity contribution is -0.338. The van der Waals surface area contributed by atoms with Crippen molar-refractivity contribution < 1.29 is 53.7 Å². The molecular formula is C16H29N3O12S2. The summed E-state index contributed by atoms with van der Waals surface area (Å²) in [4.78, 5) is 2.96. The van der Waals surface area contributed by atoms with Gasteiger partial charge >= 0.3 is 20.6 Å². The Labute approximate surface area is 192 Å². The van der Waals surface area contributed by atoms with Gasteiger partial charge in [-0.15, -0.1) is 0 Å². The second kappa shape index (κ2) is 8.54. The molecule has 2 unspecified atom stereocenters. The second-order valence-corrected chi connectivity index (χ2v) is 11.3. The molecule has 4 heterocycles. The van der Waals surface area contributed by atoms with E-state index in [4.69, 9.17) is 37.7 Å². The zero-order chi connectivity index (χ0) is 24.3. The zero-order valence-corrected chi connectivity index (χ0v) is 20.2. The van der Waals surface area contributed by atoms with Gasteiger partial charge in [0, 0.05) is 13.1 Å². The van der Waals surface area contributed by atoms with Gasteiger partial charge in [0.05, 0.1) is 19.8 Å². The average Bonchev–Trinajstić information content (AvgIpc) is 3.16. The summed E-state index contributed by atoms with van der Waals surface area (Å²) in [5, 5.41) is 4.70. The lowest BCUT2D eigenvalue weighted by atomic mass is 9.95. The van der Waals surface area contributed by atoms with Crippen molar-refractivity contribution in [2.45, 2.75) is 69.6 Å². The van der Waals surface area contributed by atoms with E-state index in [1.807, 2.05) is 0 Å².